The third-order valence-electron chi connectivity index (χ3n) is 3.06. The second-order valence-electron chi connectivity index (χ2n) is 5.25. The van der Waals surface area contributed by atoms with Crippen molar-refractivity contribution >= 4 is 27.6 Å². The van der Waals surface area contributed by atoms with Gasteiger partial charge in [0.05, 0.1) is 0 Å². The number of amides is 2. The zero-order chi connectivity index (χ0) is 15.1. The fourth-order valence-electron chi connectivity index (χ4n) is 1.98. The maximum atomic E-state index is 11.9. The van der Waals surface area contributed by atoms with Gasteiger partial charge in [0.25, 0.3) is 0 Å². The number of hydrogen-bond donors (Lipinski definition) is 3. The van der Waals surface area contributed by atoms with E-state index in [1.54, 1.807) is 0 Å². The average molecular weight is 343 g/mol. The summed E-state index contributed by atoms with van der Waals surface area (Å²) in [6.07, 6.45) is 1.46. The maximum absolute atomic E-state index is 11.9. The van der Waals surface area contributed by atoms with E-state index in [9.17, 15) is 4.79 Å². The molecule has 112 valence electrons. The van der Waals surface area contributed by atoms with E-state index in [1.807, 2.05) is 25.1 Å². The predicted octanol–water partition coefficient (Wildman–Crippen LogP) is 3.86. The molecule has 0 aliphatic heterocycles. The van der Waals surface area contributed by atoms with Crippen molar-refractivity contribution in [1.82, 2.24) is 5.32 Å². The Labute approximate surface area is 129 Å². The van der Waals surface area contributed by atoms with Crippen molar-refractivity contribution in [3.05, 3.63) is 28.2 Å². The highest BCUT2D eigenvalue weighted by molar-refractivity contribution is 9.10. The van der Waals surface area contributed by atoms with Gasteiger partial charge in [0, 0.05) is 22.8 Å². The number of carbonyl (C=O) groups is 1. The lowest BCUT2D eigenvalue weighted by atomic mass is 10.0. The fraction of sp³-hybridized carbons (Fsp3) is 0.533. The van der Waals surface area contributed by atoms with Crippen LogP contribution in [0.3, 0.4) is 0 Å². The van der Waals surface area contributed by atoms with Crippen molar-refractivity contribution in [1.29, 1.82) is 0 Å². The minimum Gasteiger partial charge on any atom is -0.396 e. The Morgan fingerprint density at radius 3 is 2.65 bits per heavy atom. The van der Waals surface area contributed by atoms with Gasteiger partial charge in [-0.1, -0.05) is 29.8 Å². The number of aliphatic hydroxyl groups is 1. The summed E-state index contributed by atoms with van der Waals surface area (Å²) in [6, 6.07) is 5.67. The Hall–Kier alpha value is -1.07. The van der Waals surface area contributed by atoms with E-state index < -0.39 is 0 Å². The molecule has 0 aliphatic rings. The molecule has 5 heteroatoms. The maximum Gasteiger partial charge on any atom is 0.319 e. The average Bonchev–Trinajstić information content (AvgIpc) is 2.38. The molecule has 20 heavy (non-hydrogen) atoms. The van der Waals surface area contributed by atoms with E-state index >= 15 is 0 Å². The monoisotopic (exact) mass is 342 g/mol. The summed E-state index contributed by atoms with van der Waals surface area (Å²) >= 11 is 3.45. The van der Waals surface area contributed by atoms with E-state index in [-0.39, 0.29) is 18.7 Å². The molecule has 1 unspecified atom stereocenters. The Morgan fingerprint density at radius 2 is 2.05 bits per heavy atom. The molecule has 0 aliphatic carbocycles. The van der Waals surface area contributed by atoms with Crippen molar-refractivity contribution < 1.29 is 9.90 Å². The van der Waals surface area contributed by atoms with Gasteiger partial charge < -0.3 is 15.7 Å². The number of aliphatic hydroxyl groups excluding tert-OH is 1. The predicted molar refractivity (Wildman–Crippen MR) is 86.2 cm³/mol. The number of halogens is 1. The minimum atomic E-state index is -0.209. The van der Waals surface area contributed by atoms with Crippen LogP contribution in [0.4, 0.5) is 10.5 Å². The number of carbonyl (C=O) groups excluding carboxylic acids is 1. The SMILES string of the molecule is CC(CCCO)NC(=O)Nc1ccc(Br)cc1C(C)C. The second kappa shape index (κ2) is 8.27. The van der Waals surface area contributed by atoms with E-state index in [0.717, 1.165) is 22.1 Å². The first kappa shape index (κ1) is 17.0. The van der Waals surface area contributed by atoms with Crippen LogP contribution in [0.5, 0.6) is 0 Å². The van der Waals surface area contributed by atoms with Crippen LogP contribution >= 0.6 is 15.9 Å². The minimum absolute atomic E-state index is 0.0418. The molecule has 0 aromatic heterocycles. The molecule has 1 rings (SSSR count). The smallest absolute Gasteiger partial charge is 0.319 e. The number of urea groups is 1. The first-order valence-electron chi connectivity index (χ1n) is 6.92. The van der Waals surface area contributed by atoms with Crippen molar-refractivity contribution in [3.8, 4) is 0 Å². The van der Waals surface area contributed by atoms with Crippen LogP contribution in [-0.4, -0.2) is 23.8 Å². The number of nitrogens with one attached hydrogen (secondary N) is 2. The van der Waals surface area contributed by atoms with Crippen molar-refractivity contribution in [2.75, 3.05) is 11.9 Å². The third-order valence-corrected chi connectivity index (χ3v) is 3.55. The van der Waals surface area contributed by atoms with Gasteiger partial charge in [0.1, 0.15) is 0 Å². The van der Waals surface area contributed by atoms with Crippen LogP contribution in [-0.2, 0) is 0 Å². The summed E-state index contributed by atoms with van der Waals surface area (Å²) in [6.45, 7) is 6.27. The molecule has 0 radical (unpaired) electrons. The summed E-state index contributed by atoms with van der Waals surface area (Å²) < 4.78 is 1.00. The van der Waals surface area contributed by atoms with Gasteiger partial charge in [-0.05, 0) is 49.4 Å². The molecule has 0 fully saturated rings. The lowest BCUT2D eigenvalue weighted by Crippen LogP contribution is -2.36. The summed E-state index contributed by atoms with van der Waals surface area (Å²) in [5, 5.41) is 14.5. The molecule has 0 bridgehead atoms. The first-order valence-corrected chi connectivity index (χ1v) is 7.71. The highest BCUT2D eigenvalue weighted by Gasteiger charge is 2.12. The molecule has 0 saturated heterocycles. The molecule has 0 saturated carbocycles. The van der Waals surface area contributed by atoms with Crippen molar-refractivity contribution in [2.24, 2.45) is 0 Å². The summed E-state index contributed by atoms with van der Waals surface area (Å²) in [4.78, 5) is 11.9. The number of rotatable bonds is 6. The van der Waals surface area contributed by atoms with Gasteiger partial charge >= 0.3 is 6.03 Å². The van der Waals surface area contributed by atoms with Crippen LogP contribution in [0.15, 0.2) is 22.7 Å². The quantitative estimate of drug-likeness (QED) is 0.735. The van der Waals surface area contributed by atoms with Crippen molar-refractivity contribution in [3.63, 3.8) is 0 Å². The lowest BCUT2D eigenvalue weighted by Gasteiger charge is -2.17. The Bertz CT molecular complexity index is 449. The normalized spacial score (nSPS) is 12.3. The molecule has 1 aromatic rings. The molecule has 1 aromatic carbocycles. The van der Waals surface area contributed by atoms with Crippen LogP contribution < -0.4 is 10.6 Å². The molecule has 4 nitrogen and oxygen atoms in total. The van der Waals surface area contributed by atoms with Gasteiger partial charge in [0.15, 0.2) is 0 Å². The Morgan fingerprint density at radius 1 is 1.35 bits per heavy atom. The summed E-state index contributed by atoms with van der Waals surface area (Å²) in [5.74, 6) is 0.328. The fourth-order valence-corrected chi connectivity index (χ4v) is 2.36. The highest BCUT2D eigenvalue weighted by atomic mass is 79.9. The second-order valence-corrected chi connectivity index (χ2v) is 6.17. The van der Waals surface area contributed by atoms with Gasteiger partial charge in [0.2, 0.25) is 0 Å². The largest absolute Gasteiger partial charge is 0.396 e. The highest BCUT2D eigenvalue weighted by Crippen LogP contribution is 2.27. The number of benzene rings is 1. The van der Waals surface area contributed by atoms with Crippen LogP contribution in [0.25, 0.3) is 0 Å². The van der Waals surface area contributed by atoms with Crippen LogP contribution in [0, 0.1) is 0 Å². The Balaban J connectivity index is 2.66. The molecule has 0 heterocycles. The molecule has 1 atom stereocenters. The standard InChI is InChI=1S/C15H23BrN2O2/c1-10(2)13-9-12(16)6-7-14(13)18-15(20)17-11(3)5-4-8-19/h6-7,9-11,19H,4-5,8H2,1-3H3,(H2,17,18,20). The van der Waals surface area contributed by atoms with E-state index in [0.29, 0.717) is 12.3 Å². The van der Waals surface area contributed by atoms with Crippen molar-refractivity contribution in [2.45, 2.75) is 45.6 Å². The van der Waals surface area contributed by atoms with Gasteiger partial charge in [-0.15, -0.1) is 0 Å². The number of anilines is 1. The number of hydrogen-bond acceptors (Lipinski definition) is 2. The first-order chi connectivity index (χ1) is 9.43. The van der Waals surface area contributed by atoms with Gasteiger partial charge in [-0.25, -0.2) is 4.79 Å². The van der Waals surface area contributed by atoms with Gasteiger partial charge in [-0.2, -0.15) is 0 Å². The van der Waals surface area contributed by atoms with E-state index in [4.69, 9.17) is 5.11 Å². The van der Waals surface area contributed by atoms with E-state index in [2.05, 4.69) is 40.4 Å². The molecular formula is C15H23BrN2O2. The topological polar surface area (TPSA) is 61.4 Å². The zero-order valence-corrected chi connectivity index (χ0v) is 13.8. The van der Waals surface area contributed by atoms with Crippen LogP contribution in [0.1, 0.15) is 45.1 Å². The van der Waals surface area contributed by atoms with Crippen LogP contribution in [0.2, 0.25) is 0 Å². The zero-order valence-electron chi connectivity index (χ0n) is 12.2. The molecule has 2 amide bonds. The summed E-state index contributed by atoms with van der Waals surface area (Å²) in [7, 11) is 0. The molecule has 0 spiro atoms. The third kappa shape index (κ3) is 5.51. The summed E-state index contributed by atoms with van der Waals surface area (Å²) in [5.41, 5.74) is 1.92. The lowest BCUT2D eigenvalue weighted by molar-refractivity contribution is 0.245. The molecule has 3 N–H and O–H groups in total. The van der Waals surface area contributed by atoms with Gasteiger partial charge in [-0.3, -0.25) is 0 Å². The van der Waals surface area contributed by atoms with E-state index in [1.165, 1.54) is 0 Å². The molecular weight excluding hydrogens is 320 g/mol. The Kier molecular flexibility index (Phi) is 7.02.